The topological polar surface area (TPSA) is 36.1 Å². The molecule has 1 aromatic heterocycles. The Labute approximate surface area is 93.7 Å². The summed E-state index contributed by atoms with van der Waals surface area (Å²) in [5.74, 6) is 0. The van der Waals surface area contributed by atoms with Crippen molar-refractivity contribution in [3.8, 4) is 0 Å². The summed E-state index contributed by atoms with van der Waals surface area (Å²) in [5.41, 5.74) is 2.91. The van der Waals surface area contributed by atoms with Crippen molar-refractivity contribution in [3.63, 3.8) is 0 Å². The van der Waals surface area contributed by atoms with E-state index in [2.05, 4.69) is 16.0 Å². The molecule has 1 N–H and O–H groups in total. The monoisotopic (exact) mass is 214 g/mol. The summed E-state index contributed by atoms with van der Waals surface area (Å²) >= 11 is 0. The quantitative estimate of drug-likeness (QED) is 0.788. The first-order chi connectivity index (χ1) is 7.77. The van der Waals surface area contributed by atoms with E-state index in [4.69, 9.17) is 0 Å². The number of para-hydroxylation sites is 1. The number of pyridine rings is 1. The Balaban J connectivity index is 2.37. The van der Waals surface area contributed by atoms with Gasteiger partial charge in [-0.3, -0.25) is 4.79 Å². The molecule has 0 radical (unpaired) electrons. The summed E-state index contributed by atoms with van der Waals surface area (Å²) in [6, 6.07) is 8.00. The lowest BCUT2D eigenvalue weighted by Crippen LogP contribution is -2.38. The second kappa shape index (κ2) is 3.37. The Kier molecular flexibility index (Phi) is 1.99. The van der Waals surface area contributed by atoms with Gasteiger partial charge in [-0.1, -0.05) is 18.2 Å². The fourth-order valence-corrected chi connectivity index (χ4v) is 2.27. The van der Waals surface area contributed by atoms with E-state index in [0.717, 1.165) is 35.2 Å². The molecule has 0 aliphatic carbocycles. The van der Waals surface area contributed by atoms with Crippen LogP contribution in [0.25, 0.3) is 10.9 Å². The van der Waals surface area contributed by atoms with Gasteiger partial charge >= 0.3 is 0 Å². The Morgan fingerprint density at radius 3 is 2.69 bits per heavy atom. The molecule has 16 heavy (non-hydrogen) atoms. The molecule has 0 spiro atoms. The second-order valence-electron chi connectivity index (χ2n) is 4.31. The van der Waals surface area contributed by atoms with Crippen LogP contribution in [0.1, 0.15) is 12.0 Å². The van der Waals surface area contributed by atoms with Gasteiger partial charge < -0.3 is 9.88 Å². The zero-order valence-electron chi connectivity index (χ0n) is 9.29. The standard InChI is InChI=1S/C13H14N2O/c1-9-12(15-7-4-8-15)10-5-2-3-6-11(10)14-13(9)16/h2-3,5-6H,4,7-8H2,1H3,(H,14,16). The first kappa shape index (κ1) is 9.46. The average Bonchev–Trinajstić information content (AvgIpc) is 2.22. The van der Waals surface area contributed by atoms with E-state index < -0.39 is 0 Å². The summed E-state index contributed by atoms with van der Waals surface area (Å²) in [4.78, 5) is 17.0. The number of nitrogens with one attached hydrogen (secondary N) is 1. The molecule has 0 atom stereocenters. The van der Waals surface area contributed by atoms with Crippen molar-refractivity contribution < 1.29 is 0 Å². The largest absolute Gasteiger partial charge is 0.370 e. The molecule has 3 rings (SSSR count). The van der Waals surface area contributed by atoms with E-state index in [1.807, 2.05) is 25.1 Å². The van der Waals surface area contributed by atoms with Gasteiger partial charge in [0.05, 0.1) is 11.2 Å². The maximum absolute atomic E-state index is 11.8. The zero-order valence-corrected chi connectivity index (χ0v) is 9.29. The average molecular weight is 214 g/mol. The lowest BCUT2D eigenvalue weighted by atomic mass is 10.1. The molecule has 1 aromatic carbocycles. The van der Waals surface area contributed by atoms with Gasteiger partial charge in [0.2, 0.25) is 0 Å². The summed E-state index contributed by atoms with van der Waals surface area (Å²) in [5, 5.41) is 1.15. The summed E-state index contributed by atoms with van der Waals surface area (Å²) < 4.78 is 0. The molecular formula is C13H14N2O. The lowest BCUT2D eigenvalue weighted by Gasteiger charge is -2.35. The van der Waals surface area contributed by atoms with Crippen LogP contribution in [0.5, 0.6) is 0 Å². The molecule has 1 aliphatic heterocycles. The molecule has 82 valence electrons. The molecule has 2 aromatic rings. The van der Waals surface area contributed by atoms with Gasteiger partial charge in [-0.05, 0) is 19.4 Å². The summed E-state index contributed by atoms with van der Waals surface area (Å²) in [7, 11) is 0. The third-order valence-corrected chi connectivity index (χ3v) is 3.30. The van der Waals surface area contributed by atoms with Crippen LogP contribution in [0, 0.1) is 6.92 Å². The van der Waals surface area contributed by atoms with E-state index in [0.29, 0.717) is 0 Å². The lowest BCUT2D eigenvalue weighted by molar-refractivity contribution is 0.617. The zero-order chi connectivity index (χ0) is 11.1. The van der Waals surface area contributed by atoms with Crippen molar-refractivity contribution in [1.29, 1.82) is 0 Å². The highest BCUT2D eigenvalue weighted by Crippen LogP contribution is 2.30. The highest BCUT2D eigenvalue weighted by molar-refractivity contribution is 5.93. The molecule has 0 saturated carbocycles. The van der Waals surface area contributed by atoms with Crippen molar-refractivity contribution in [2.24, 2.45) is 0 Å². The Morgan fingerprint density at radius 2 is 2.00 bits per heavy atom. The molecule has 2 heterocycles. The van der Waals surface area contributed by atoms with Gasteiger partial charge in [-0.2, -0.15) is 0 Å². The molecule has 3 heteroatoms. The number of anilines is 1. The first-order valence-electron chi connectivity index (χ1n) is 5.64. The predicted octanol–water partition coefficient (Wildman–Crippen LogP) is 2.05. The number of H-pyrrole nitrogens is 1. The van der Waals surface area contributed by atoms with Crippen molar-refractivity contribution in [2.45, 2.75) is 13.3 Å². The minimum absolute atomic E-state index is 0.0283. The van der Waals surface area contributed by atoms with Gasteiger partial charge in [0.25, 0.3) is 5.56 Å². The second-order valence-corrected chi connectivity index (χ2v) is 4.31. The molecule has 0 bridgehead atoms. The molecule has 1 fully saturated rings. The first-order valence-corrected chi connectivity index (χ1v) is 5.64. The van der Waals surface area contributed by atoms with Crippen molar-refractivity contribution in [2.75, 3.05) is 18.0 Å². The number of fused-ring (bicyclic) bond motifs is 1. The van der Waals surface area contributed by atoms with Gasteiger partial charge in [0.15, 0.2) is 0 Å². The van der Waals surface area contributed by atoms with Crippen molar-refractivity contribution in [1.82, 2.24) is 4.98 Å². The van der Waals surface area contributed by atoms with Gasteiger partial charge in [0.1, 0.15) is 0 Å². The van der Waals surface area contributed by atoms with Crippen molar-refractivity contribution >= 4 is 16.6 Å². The third kappa shape index (κ3) is 1.24. The normalized spacial score (nSPS) is 15.2. The van der Waals surface area contributed by atoms with Crippen LogP contribution < -0.4 is 10.5 Å². The van der Waals surface area contributed by atoms with Crippen molar-refractivity contribution in [3.05, 3.63) is 40.2 Å². The SMILES string of the molecule is Cc1c(N2CCC2)c2ccccc2[nH]c1=O. The molecule has 1 saturated heterocycles. The fraction of sp³-hybridized carbons (Fsp3) is 0.308. The Morgan fingerprint density at radius 1 is 1.25 bits per heavy atom. The van der Waals surface area contributed by atoms with Crippen LogP contribution in [0.4, 0.5) is 5.69 Å². The molecule has 3 nitrogen and oxygen atoms in total. The number of aromatic nitrogens is 1. The van der Waals surface area contributed by atoms with Crippen LogP contribution in [0.3, 0.4) is 0 Å². The van der Waals surface area contributed by atoms with Gasteiger partial charge in [-0.25, -0.2) is 0 Å². The smallest absolute Gasteiger partial charge is 0.253 e. The minimum Gasteiger partial charge on any atom is -0.370 e. The fourth-order valence-electron chi connectivity index (χ4n) is 2.27. The van der Waals surface area contributed by atoms with Gasteiger partial charge in [0, 0.05) is 24.0 Å². The molecule has 0 amide bonds. The highest BCUT2D eigenvalue weighted by atomic mass is 16.1. The molecular weight excluding hydrogens is 200 g/mol. The summed E-state index contributed by atoms with van der Waals surface area (Å²) in [6.07, 6.45) is 1.22. The molecule has 1 aliphatic rings. The number of aromatic amines is 1. The highest BCUT2D eigenvalue weighted by Gasteiger charge is 2.20. The Bertz CT molecular complexity index is 596. The number of hydrogen-bond donors (Lipinski definition) is 1. The minimum atomic E-state index is 0.0283. The number of benzene rings is 1. The van der Waals surface area contributed by atoms with Crippen LogP contribution in [-0.4, -0.2) is 18.1 Å². The number of rotatable bonds is 1. The maximum atomic E-state index is 11.8. The summed E-state index contributed by atoms with van der Waals surface area (Å²) in [6.45, 7) is 4.03. The van der Waals surface area contributed by atoms with E-state index in [1.165, 1.54) is 6.42 Å². The predicted molar refractivity (Wildman–Crippen MR) is 66.1 cm³/mol. The van der Waals surface area contributed by atoms with Crippen LogP contribution in [-0.2, 0) is 0 Å². The van der Waals surface area contributed by atoms with E-state index >= 15 is 0 Å². The maximum Gasteiger partial charge on any atom is 0.253 e. The van der Waals surface area contributed by atoms with E-state index in [1.54, 1.807) is 0 Å². The van der Waals surface area contributed by atoms with Gasteiger partial charge in [-0.15, -0.1) is 0 Å². The van der Waals surface area contributed by atoms with Crippen LogP contribution in [0.2, 0.25) is 0 Å². The third-order valence-electron chi connectivity index (χ3n) is 3.30. The Hall–Kier alpha value is -1.77. The molecule has 0 unspecified atom stereocenters. The number of nitrogens with zero attached hydrogens (tertiary/aromatic N) is 1. The van der Waals surface area contributed by atoms with Crippen LogP contribution in [0.15, 0.2) is 29.1 Å². The van der Waals surface area contributed by atoms with E-state index in [9.17, 15) is 4.79 Å². The van der Waals surface area contributed by atoms with E-state index in [-0.39, 0.29) is 5.56 Å². The number of hydrogen-bond acceptors (Lipinski definition) is 2. The van der Waals surface area contributed by atoms with Crippen LogP contribution >= 0.6 is 0 Å².